The predicted octanol–water partition coefficient (Wildman–Crippen LogP) is 2.62. The van der Waals surface area contributed by atoms with E-state index in [-0.39, 0.29) is 0 Å². The summed E-state index contributed by atoms with van der Waals surface area (Å²) in [5, 5.41) is 10.5. The Morgan fingerprint density at radius 2 is 1.89 bits per heavy atom. The van der Waals surface area contributed by atoms with Gasteiger partial charge in [-0.05, 0) is 31.7 Å². The van der Waals surface area contributed by atoms with Crippen molar-refractivity contribution in [1.82, 2.24) is 15.1 Å². The molecule has 1 aliphatic heterocycles. The average molecular weight is 248 g/mol. The molecule has 2 aliphatic rings. The van der Waals surface area contributed by atoms with Crippen LogP contribution < -0.4 is 5.32 Å². The summed E-state index contributed by atoms with van der Waals surface area (Å²) in [6.07, 6.45) is 11.5. The molecule has 2 heterocycles. The number of anilines is 1. The molecule has 1 saturated heterocycles. The van der Waals surface area contributed by atoms with Crippen LogP contribution in [0, 0.1) is 0 Å². The van der Waals surface area contributed by atoms with Gasteiger partial charge in [-0.2, -0.15) is 5.10 Å². The number of aromatic amines is 1. The van der Waals surface area contributed by atoms with Crippen LogP contribution in [0.25, 0.3) is 0 Å². The first-order chi connectivity index (χ1) is 8.92. The van der Waals surface area contributed by atoms with Crippen molar-refractivity contribution in [1.29, 1.82) is 0 Å². The number of nitrogens with one attached hydrogen (secondary N) is 2. The fourth-order valence-corrected chi connectivity index (χ4v) is 3.41. The van der Waals surface area contributed by atoms with Gasteiger partial charge in [0.05, 0.1) is 6.20 Å². The van der Waals surface area contributed by atoms with Gasteiger partial charge >= 0.3 is 0 Å². The molecule has 1 aliphatic carbocycles. The Morgan fingerprint density at radius 3 is 2.56 bits per heavy atom. The molecule has 0 radical (unpaired) electrons. The van der Waals surface area contributed by atoms with Gasteiger partial charge in [0.2, 0.25) is 0 Å². The minimum Gasteiger partial charge on any atom is -0.368 e. The van der Waals surface area contributed by atoms with Gasteiger partial charge in [-0.25, -0.2) is 0 Å². The molecule has 0 atom stereocenters. The number of hydrogen-bond donors (Lipinski definition) is 2. The topological polar surface area (TPSA) is 44.0 Å². The van der Waals surface area contributed by atoms with Crippen molar-refractivity contribution < 1.29 is 0 Å². The highest BCUT2D eigenvalue weighted by molar-refractivity contribution is 5.33. The fourth-order valence-electron chi connectivity index (χ4n) is 3.41. The summed E-state index contributed by atoms with van der Waals surface area (Å²) in [7, 11) is 0. The van der Waals surface area contributed by atoms with Gasteiger partial charge in [0.25, 0.3) is 0 Å². The van der Waals surface area contributed by atoms with E-state index in [2.05, 4.69) is 20.4 Å². The molecule has 4 nitrogen and oxygen atoms in total. The first-order valence-electron chi connectivity index (χ1n) is 7.42. The molecule has 0 spiro atoms. The van der Waals surface area contributed by atoms with Gasteiger partial charge in [0, 0.05) is 25.2 Å². The Bertz CT molecular complexity index is 335. The summed E-state index contributed by atoms with van der Waals surface area (Å²) in [5.41, 5.74) is 0. The van der Waals surface area contributed by atoms with E-state index in [1.165, 1.54) is 58.0 Å². The van der Waals surface area contributed by atoms with Crippen LogP contribution in [0.4, 0.5) is 5.82 Å². The highest BCUT2D eigenvalue weighted by Crippen LogP contribution is 2.25. The van der Waals surface area contributed by atoms with Crippen molar-refractivity contribution >= 4 is 5.82 Å². The SMILES string of the molecule is c1cc(NC2CCN(C3CCCCC3)CC2)[nH]n1. The third kappa shape index (κ3) is 2.86. The first-order valence-corrected chi connectivity index (χ1v) is 7.42. The second-order valence-electron chi connectivity index (χ2n) is 5.72. The Hall–Kier alpha value is -1.03. The lowest BCUT2D eigenvalue weighted by Crippen LogP contribution is -2.45. The summed E-state index contributed by atoms with van der Waals surface area (Å²) in [5.74, 6) is 1.06. The van der Waals surface area contributed by atoms with Gasteiger partial charge in [-0.3, -0.25) is 5.10 Å². The van der Waals surface area contributed by atoms with E-state index in [0.29, 0.717) is 6.04 Å². The molecule has 1 aromatic heterocycles. The summed E-state index contributed by atoms with van der Waals surface area (Å²) in [4.78, 5) is 2.73. The number of hydrogen-bond acceptors (Lipinski definition) is 3. The molecule has 1 saturated carbocycles. The minimum atomic E-state index is 0.616. The molecule has 0 bridgehead atoms. The highest BCUT2D eigenvalue weighted by atomic mass is 15.2. The normalized spacial score (nSPS) is 24.2. The van der Waals surface area contributed by atoms with Gasteiger partial charge < -0.3 is 10.2 Å². The molecular formula is C14H24N4. The van der Waals surface area contributed by atoms with Crippen molar-refractivity contribution in [2.24, 2.45) is 0 Å². The van der Waals surface area contributed by atoms with Crippen LogP contribution in [0.3, 0.4) is 0 Å². The van der Waals surface area contributed by atoms with Crippen LogP contribution in [-0.2, 0) is 0 Å². The monoisotopic (exact) mass is 248 g/mol. The Balaban J connectivity index is 1.45. The predicted molar refractivity (Wildman–Crippen MR) is 73.7 cm³/mol. The molecule has 100 valence electrons. The molecule has 2 fully saturated rings. The molecule has 4 heteroatoms. The smallest absolute Gasteiger partial charge is 0.121 e. The Kier molecular flexibility index (Phi) is 3.84. The van der Waals surface area contributed by atoms with Crippen molar-refractivity contribution in [3.63, 3.8) is 0 Å². The molecule has 0 amide bonds. The highest BCUT2D eigenvalue weighted by Gasteiger charge is 2.26. The Morgan fingerprint density at radius 1 is 1.11 bits per heavy atom. The number of rotatable bonds is 3. The molecule has 1 aromatic rings. The quantitative estimate of drug-likeness (QED) is 0.864. The minimum absolute atomic E-state index is 0.616. The van der Waals surface area contributed by atoms with Gasteiger partial charge in [-0.15, -0.1) is 0 Å². The average Bonchev–Trinajstić information content (AvgIpc) is 2.94. The summed E-state index contributed by atoms with van der Waals surface area (Å²) < 4.78 is 0. The van der Waals surface area contributed by atoms with E-state index < -0.39 is 0 Å². The van der Waals surface area contributed by atoms with E-state index in [4.69, 9.17) is 0 Å². The lowest BCUT2D eigenvalue weighted by atomic mass is 9.92. The molecule has 0 aromatic carbocycles. The van der Waals surface area contributed by atoms with Crippen LogP contribution >= 0.6 is 0 Å². The maximum absolute atomic E-state index is 3.98. The van der Waals surface area contributed by atoms with Crippen molar-refractivity contribution in [3.05, 3.63) is 12.3 Å². The third-order valence-corrected chi connectivity index (χ3v) is 4.48. The maximum Gasteiger partial charge on any atom is 0.121 e. The van der Waals surface area contributed by atoms with Gasteiger partial charge in [0.15, 0.2) is 0 Å². The Labute approximate surface area is 109 Å². The fraction of sp³-hybridized carbons (Fsp3) is 0.786. The van der Waals surface area contributed by atoms with Crippen LogP contribution in [-0.4, -0.2) is 40.3 Å². The van der Waals surface area contributed by atoms with Crippen LogP contribution in [0.5, 0.6) is 0 Å². The zero-order valence-electron chi connectivity index (χ0n) is 11.1. The van der Waals surface area contributed by atoms with Gasteiger partial charge in [0.1, 0.15) is 5.82 Å². The maximum atomic E-state index is 3.98. The second-order valence-corrected chi connectivity index (χ2v) is 5.72. The first kappa shape index (κ1) is 12.0. The lowest BCUT2D eigenvalue weighted by Gasteiger charge is -2.39. The number of likely N-dealkylation sites (tertiary alicyclic amines) is 1. The molecule has 2 N–H and O–H groups in total. The van der Waals surface area contributed by atoms with E-state index >= 15 is 0 Å². The summed E-state index contributed by atoms with van der Waals surface area (Å²) in [6, 6.07) is 3.50. The van der Waals surface area contributed by atoms with Crippen LogP contribution in [0.2, 0.25) is 0 Å². The molecular weight excluding hydrogens is 224 g/mol. The molecule has 18 heavy (non-hydrogen) atoms. The number of aromatic nitrogens is 2. The van der Waals surface area contributed by atoms with Crippen LogP contribution in [0.15, 0.2) is 12.3 Å². The molecule has 0 unspecified atom stereocenters. The lowest BCUT2D eigenvalue weighted by molar-refractivity contribution is 0.126. The largest absolute Gasteiger partial charge is 0.368 e. The number of nitrogens with zero attached hydrogens (tertiary/aromatic N) is 2. The van der Waals surface area contributed by atoms with E-state index in [0.717, 1.165) is 11.9 Å². The van der Waals surface area contributed by atoms with Crippen LogP contribution in [0.1, 0.15) is 44.9 Å². The van der Waals surface area contributed by atoms with Crippen molar-refractivity contribution in [2.75, 3.05) is 18.4 Å². The van der Waals surface area contributed by atoms with Gasteiger partial charge in [-0.1, -0.05) is 19.3 Å². The van der Waals surface area contributed by atoms with E-state index in [9.17, 15) is 0 Å². The summed E-state index contributed by atoms with van der Waals surface area (Å²) >= 11 is 0. The summed E-state index contributed by atoms with van der Waals surface area (Å²) in [6.45, 7) is 2.52. The van der Waals surface area contributed by atoms with Crippen molar-refractivity contribution in [3.8, 4) is 0 Å². The standard InChI is InChI=1S/C14H24N4/c1-2-4-13(5-3-1)18-10-7-12(8-11-18)16-14-6-9-15-17-14/h6,9,12-13H,1-5,7-8,10-11H2,(H2,15,16,17). The molecule has 3 rings (SSSR count). The zero-order valence-corrected chi connectivity index (χ0v) is 11.1. The zero-order chi connectivity index (χ0) is 12.2. The second kappa shape index (κ2) is 5.74. The third-order valence-electron chi connectivity index (χ3n) is 4.48. The van der Waals surface area contributed by atoms with E-state index in [1.807, 2.05) is 6.07 Å². The van der Waals surface area contributed by atoms with E-state index in [1.54, 1.807) is 6.20 Å². The number of piperidine rings is 1. The van der Waals surface area contributed by atoms with Crippen molar-refractivity contribution in [2.45, 2.75) is 57.0 Å². The number of H-pyrrole nitrogens is 1.